The maximum atomic E-state index is 12.3. The molecule has 0 aliphatic rings. The average molecular weight is 369 g/mol. The number of esters is 1. The van der Waals surface area contributed by atoms with Crippen molar-refractivity contribution in [3.05, 3.63) is 59.7 Å². The molecule has 6 heteroatoms. The maximum Gasteiger partial charge on any atom is 0.338 e. The minimum absolute atomic E-state index is 0.283. The largest absolute Gasteiger partial charge is 0.497 e. The number of methoxy groups -OCH3 is 2. The molecule has 6 nitrogen and oxygen atoms in total. The van der Waals surface area contributed by atoms with E-state index in [1.807, 2.05) is 13.0 Å². The number of hydrogen-bond donors (Lipinski definition) is 1. The number of amides is 1. The first-order chi connectivity index (χ1) is 13.0. The third kappa shape index (κ3) is 5.34. The van der Waals surface area contributed by atoms with Gasteiger partial charge in [-0.3, -0.25) is 4.79 Å². The Hall–Kier alpha value is -3.28. The predicted molar refractivity (Wildman–Crippen MR) is 104 cm³/mol. The summed E-state index contributed by atoms with van der Waals surface area (Å²) in [6, 6.07) is 11.9. The molecular weight excluding hydrogens is 346 g/mol. The van der Waals surface area contributed by atoms with Crippen molar-refractivity contribution in [1.82, 2.24) is 0 Å². The molecule has 0 fully saturated rings. The minimum atomic E-state index is -0.391. The van der Waals surface area contributed by atoms with Gasteiger partial charge in [-0.1, -0.05) is 0 Å². The van der Waals surface area contributed by atoms with Crippen LogP contribution in [0.1, 0.15) is 29.8 Å². The van der Waals surface area contributed by atoms with Gasteiger partial charge in [-0.15, -0.1) is 0 Å². The van der Waals surface area contributed by atoms with Gasteiger partial charge >= 0.3 is 5.97 Å². The number of carbonyl (C=O) groups is 2. The molecule has 2 aromatic carbocycles. The van der Waals surface area contributed by atoms with E-state index < -0.39 is 5.97 Å². The Balaban J connectivity index is 2.11. The van der Waals surface area contributed by atoms with Crippen molar-refractivity contribution >= 4 is 23.1 Å². The fourth-order valence-electron chi connectivity index (χ4n) is 2.48. The van der Waals surface area contributed by atoms with Crippen molar-refractivity contribution in [2.24, 2.45) is 0 Å². The van der Waals surface area contributed by atoms with E-state index >= 15 is 0 Å². The van der Waals surface area contributed by atoms with E-state index in [4.69, 9.17) is 14.2 Å². The van der Waals surface area contributed by atoms with E-state index in [0.717, 1.165) is 11.1 Å². The van der Waals surface area contributed by atoms with Crippen molar-refractivity contribution in [3.8, 4) is 11.5 Å². The summed E-state index contributed by atoms with van der Waals surface area (Å²) in [5, 5.41) is 2.77. The van der Waals surface area contributed by atoms with Crippen LogP contribution in [0.3, 0.4) is 0 Å². The Labute approximate surface area is 158 Å². The van der Waals surface area contributed by atoms with Gasteiger partial charge in [-0.05, 0) is 55.8 Å². The smallest absolute Gasteiger partial charge is 0.338 e. The second kappa shape index (κ2) is 9.43. The standard InChI is InChI=1S/C21H23NO5/c1-5-27-21(24)15-6-8-16(9-7-15)22-20(23)12-14(2)18-11-10-17(25-3)13-19(18)26-4/h6-13H,5H2,1-4H3,(H,22,23)/b14-12+. The summed E-state index contributed by atoms with van der Waals surface area (Å²) < 4.78 is 15.5. The van der Waals surface area contributed by atoms with Crippen LogP contribution in [0.25, 0.3) is 5.57 Å². The van der Waals surface area contributed by atoms with Gasteiger partial charge in [-0.2, -0.15) is 0 Å². The summed E-state index contributed by atoms with van der Waals surface area (Å²) >= 11 is 0. The van der Waals surface area contributed by atoms with Gasteiger partial charge in [-0.25, -0.2) is 4.79 Å². The van der Waals surface area contributed by atoms with E-state index in [2.05, 4.69) is 5.32 Å². The molecule has 1 N–H and O–H groups in total. The van der Waals surface area contributed by atoms with Crippen LogP contribution in [0.5, 0.6) is 11.5 Å². The van der Waals surface area contributed by atoms with Gasteiger partial charge in [0.2, 0.25) is 5.91 Å². The van der Waals surface area contributed by atoms with Crippen LogP contribution in [0.2, 0.25) is 0 Å². The van der Waals surface area contributed by atoms with Crippen molar-refractivity contribution in [3.63, 3.8) is 0 Å². The van der Waals surface area contributed by atoms with Crippen molar-refractivity contribution < 1.29 is 23.8 Å². The molecule has 0 radical (unpaired) electrons. The SMILES string of the molecule is CCOC(=O)c1ccc(NC(=O)/C=C(\C)c2ccc(OC)cc2OC)cc1. The molecular formula is C21H23NO5. The van der Waals surface area contributed by atoms with Crippen LogP contribution in [-0.4, -0.2) is 32.7 Å². The van der Waals surface area contributed by atoms with Crippen LogP contribution in [0.4, 0.5) is 5.69 Å². The molecule has 0 aliphatic carbocycles. The van der Waals surface area contributed by atoms with Crippen LogP contribution >= 0.6 is 0 Å². The summed E-state index contributed by atoms with van der Waals surface area (Å²) in [5.41, 5.74) is 2.56. The van der Waals surface area contributed by atoms with E-state index in [1.54, 1.807) is 57.5 Å². The summed E-state index contributed by atoms with van der Waals surface area (Å²) in [5.74, 6) is 0.621. The second-order valence-corrected chi connectivity index (χ2v) is 5.68. The van der Waals surface area contributed by atoms with Crippen molar-refractivity contribution in [1.29, 1.82) is 0 Å². The molecule has 0 atom stereocenters. The topological polar surface area (TPSA) is 73.9 Å². The highest BCUT2D eigenvalue weighted by molar-refractivity contribution is 6.04. The molecule has 0 saturated heterocycles. The molecule has 27 heavy (non-hydrogen) atoms. The molecule has 0 spiro atoms. The fourth-order valence-corrected chi connectivity index (χ4v) is 2.48. The summed E-state index contributed by atoms with van der Waals surface area (Å²) in [7, 11) is 3.15. The quantitative estimate of drug-likeness (QED) is 0.591. The van der Waals surface area contributed by atoms with Gasteiger partial charge in [0.25, 0.3) is 0 Å². The Morgan fingerprint density at radius 2 is 1.74 bits per heavy atom. The zero-order valence-electron chi connectivity index (χ0n) is 15.9. The van der Waals surface area contributed by atoms with Gasteiger partial charge < -0.3 is 19.5 Å². The third-order valence-electron chi connectivity index (χ3n) is 3.84. The highest BCUT2D eigenvalue weighted by atomic mass is 16.5. The first-order valence-corrected chi connectivity index (χ1v) is 8.47. The molecule has 0 aromatic heterocycles. The Morgan fingerprint density at radius 1 is 1.04 bits per heavy atom. The van der Waals surface area contributed by atoms with Gasteiger partial charge in [0.15, 0.2) is 0 Å². The van der Waals surface area contributed by atoms with Crippen LogP contribution in [-0.2, 0) is 9.53 Å². The zero-order chi connectivity index (χ0) is 19.8. The van der Waals surface area contributed by atoms with Crippen LogP contribution in [0, 0.1) is 0 Å². The van der Waals surface area contributed by atoms with Gasteiger partial charge in [0, 0.05) is 23.4 Å². The van der Waals surface area contributed by atoms with Gasteiger partial charge in [0.05, 0.1) is 26.4 Å². The fraction of sp³-hybridized carbons (Fsp3) is 0.238. The van der Waals surface area contributed by atoms with E-state index in [-0.39, 0.29) is 5.91 Å². The number of ether oxygens (including phenoxy) is 3. The van der Waals surface area contributed by atoms with Crippen molar-refractivity contribution in [2.75, 3.05) is 26.1 Å². The number of carbonyl (C=O) groups excluding carboxylic acids is 2. The minimum Gasteiger partial charge on any atom is -0.497 e. The van der Waals surface area contributed by atoms with E-state index in [9.17, 15) is 9.59 Å². The first kappa shape index (κ1) is 20.0. The van der Waals surface area contributed by atoms with E-state index in [1.165, 1.54) is 6.08 Å². The molecule has 0 saturated carbocycles. The summed E-state index contributed by atoms with van der Waals surface area (Å²) in [4.78, 5) is 23.9. The lowest BCUT2D eigenvalue weighted by Gasteiger charge is -2.11. The number of rotatable bonds is 7. The Morgan fingerprint density at radius 3 is 2.33 bits per heavy atom. The number of benzene rings is 2. The zero-order valence-corrected chi connectivity index (χ0v) is 15.9. The molecule has 0 aliphatic heterocycles. The number of allylic oxidation sites excluding steroid dienone is 1. The average Bonchev–Trinajstić information content (AvgIpc) is 2.67. The molecule has 0 bridgehead atoms. The van der Waals surface area contributed by atoms with Crippen molar-refractivity contribution in [2.45, 2.75) is 13.8 Å². The first-order valence-electron chi connectivity index (χ1n) is 8.47. The third-order valence-corrected chi connectivity index (χ3v) is 3.84. The lowest BCUT2D eigenvalue weighted by atomic mass is 10.1. The summed E-state index contributed by atoms with van der Waals surface area (Å²) in [6.45, 7) is 3.89. The molecule has 0 unspecified atom stereocenters. The highest BCUT2D eigenvalue weighted by Gasteiger charge is 2.10. The predicted octanol–water partition coefficient (Wildman–Crippen LogP) is 3.92. The molecule has 2 aromatic rings. The van der Waals surface area contributed by atoms with Gasteiger partial charge in [0.1, 0.15) is 11.5 Å². The number of nitrogens with one attached hydrogen (secondary N) is 1. The Bertz CT molecular complexity index is 840. The molecule has 2 rings (SSSR count). The van der Waals surface area contributed by atoms with Crippen LogP contribution < -0.4 is 14.8 Å². The molecule has 142 valence electrons. The number of anilines is 1. The molecule has 0 heterocycles. The normalized spacial score (nSPS) is 10.9. The number of hydrogen-bond acceptors (Lipinski definition) is 5. The highest BCUT2D eigenvalue weighted by Crippen LogP contribution is 2.29. The maximum absolute atomic E-state index is 12.3. The molecule has 1 amide bonds. The lowest BCUT2D eigenvalue weighted by molar-refractivity contribution is -0.111. The van der Waals surface area contributed by atoms with Crippen LogP contribution in [0.15, 0.2) is 48.5 Å². The van der Waals surface area contributed by atoms with E-state index in [0.29, 0.717) is 29.4 Å². The Kier molecular flexibility index (Phi) is 7.00. The summed E-state index contributed by atoms with van der Waals surface area (Å²) in [6.07, 6.45) is 1.49. The monoisotopic (exact) mass is 369 g/mol. The lowest BCUT2D eigenvalue weighted by Crippen LogP contribution is -2.09. The second-order valence-electron chi connectivity index (χ2n) is 5.68.